The van der Waals surface area contributed by atoms with Gasteiger partial charge in [-0.25, -0.2) is 4.68 Å². The highest BCUT2D eigenvalue weighted by Gasteiger charge is 2.16. The van der Waals surface area contributed by atoms with E-state index in [0.29, 0.717) is 6.54 Å². The van der Waals surface area contributed by atoms with Gasteiger partial charge in [0.15, 0.2) is 5.69 Å². The number of carbonyl (C=O) groups excluding carboxylic acids is 1. The zero-order chi connectivity index (χ0) is 16.8. The van der Waals surface area contributed by atoms with Gasteiger partial charge in [0.25, 0.3) is 5.91 Å². The quantitative estimate of drug-likeness (QED) is 0.828. The first-order valence-electron chi connectivity index (χ1n) is 7.60. The van der Waals surface area contributed by atoms with Gasteiger partial charge in [-0.15, -0.1) is 0 Å². The number of methoxy groups -OCH3 is 1. The number of rotatable bonds is 6. The number of nitrogens with one attached hydrogen (secondary N) is 1. The number of nitrogens with zero attached hydrogens (tertiary/aromatic N) is 2. The molecule has 6 nitrogen and oxygen atoms in total. The molecule has 0 unspecified atom stereocenters. The lowest BCUT2D eigenvalue weighted by Gasteiger charge is -2.12. The normalized spacial score (nSPS) is 10.4. The molecule has 0 aliphatic heterocycles. The second-order valence-electron chi connectivity index (χ2n) is 5.26. The third-order valence-corrected chi connectivity index (χ3v) is 3.42. The van der Waals surface area contributed by atoms with Crippen molar-refractivity contribution in [3.63, 3.8) is 0 Å². The Morgan fingerprint density at radius 3 is 2.61 bits per heavy atom. The molecule has 0 spiro atoms. The Labute approximate surface area is 135 Å². The zero-order valence-corrected chi connectivity index (χ0v) is 13.6. The Morgan fingerprint density at radius 1 is 1.30 bits per heavy atom. The van der Waals surface area contributed by atoms with Crippen LogP contribution in [-0.2, 0) is 0 Å². The maximum atomic E-state index is 12.1. The van der Waals surface area contributed by atoms with Crippen molar-refractivity contribution in [1.82, 2.24) is 15.1 Å². The number of amides is 1. The average molecular weight is 315 g/mol. The smallest absolute Gasteiger partial charge is 0.275 e. The molecule has 0 aliphatic rings. The first-order chi connectivity index (χ1) is 11.1. The Morgan fingerprint density at radius 2 is 2.00 bits per heavy atom. The summed E-state index contributed by atoms with van der Waals surface area (Å²) in [5.74, 6) is -0.184. The molecule has 1 N–H and O–H groups in total. The molecule has 6 heteroatoms. The van der Waals surface area contributed by atoms with Crippen LogP contribution in [0, 0.1) is 6.92 Å². The fourth-order valence-corrected chi connectivity index (χ4v) is 2.08. The summed E-state index contributed by atoms with van der Waals surface area (Å²) in [5.41, 5.74) is 1.23. The van der Waals surface area contributed by atoms with Crippen LogP contribution >= 0.6 is 0 Å². The predicted molar refractivity (Wildman–Crippen MR) is 88.4 cm³/mol. The number of benzene rings is 1. The van der Waals surface area contributed by atoms with Gasteiger partial charge in [-0.2, -0.15) is 5.10 Å². The van der Waals surface area contributed by atoms with Crippen LogP contribution in [0.5, 0.6) is 5.88 Å². The Balaban J connectivity index is 2.41. The van der Waals surface area contributed by atoms with E-state index in [2.05, 4.69) is 10.4 Å². The van der Waals surface area contributed by atoms with Crippen LogP contribution in [0.15, 0.2) is 35.1 Å². The van der Waals surface area contributed by atoms with Crippen molar-refractivity contribution in [3.8, 4) is 11.6 Å². The molecule has 0 saturated carbocycles. The number of hydrogen-bond donors (Lipinski definition) is 1. The standard InChI is InChI=1S/C17H21N3O3/c1-4-5-10-18-17(22)16-14(21)11-15(23-3)20(19-16)13-8-6-12(2)7-9-13/h6-9,11H,4-5,10H2,1-3H3,(H,18,22). The van der Waals surface area contributed by atoms with E-state index in [1.54, 1.807) is 0 Å². The minimum atomic E-state index is -0.466. The van der Waals surface area contributed by atoms with E-state index in [1.165, 1.54) is 17.9 Å². The Kier molecular flexibility index (Phi) is 5.51. The van der Waals surface area contributed by atoms with Gasteiger partial charge in [-0.3, -0.25) is 9.59 Å². The molecule has 0 saturated heterocycles. The van der Waals surface area contributed by atoms with Crippen LogP contribution in [0.3, 0.4) is 0 Å². The van der Waals surface area contributed by atoms with E-state index in [4.69, 9.17) is 4.74 Å². The van der Waals surface area contributed by atoms with Crippen molar-refractivity contribution in [3.05, 3.63) is 51.8 Å². The molecule has 122 valence electrons. The van der Waals surface area contributed by atoms with Gasteiger partial charge in [0, 0.05) is 6.54 Å². The summed E-state index contributed by atoms with van der Waals surface area (Å²) in [5, 5.41) is 6.90. The summed E-state index contributed by atoms with van der Waals surface area (Å²) < 4.78 is 6.67. The number of ether oxygens (including phenoxy) is 1. The van der Waals surface area contributed by atoms with Crippen molar-refractivity contribution in [1.29, 1.82) is 0 Å². The lowest BCUT2D eigenvalue weighted by atomic mass is 10.2. The summed E-state index contributed by atoms with van der Waals surface area (Å²) in [6, 6.07) is 8.84. The molecular formula is C17H21N3O3. The average Bonchev–Trinajstić information content (AvgIpc) is 2.55. The maximum Gasteiger partial charge on any atom is 0.275 e. The van der Waals surface area contributed by atoms with Gasteiger partial charge in [-0.05, 0) is 25.5 Å². The molecule has 1 aromatic heterocycles. The molecular weight excluding hydrogens is 294 g/mol. The topological polar surface area (TPSA) is 73.2 Å². The third-order valence-electron chi connectivity index (χ3n) is 3.42. The van der Waals surface area contributed by atoms with Crippen molar-refractivity contribution in [2.24, 2.45) is 0 Å². The van der Waals surface area contributed by atoms with Crippen LogP contribution < -0.4 is 15.5 Å². The second-order valence-corrected chi connectivity index (χ2v) is 5.26. The number of aromatic nitrogens is 2. The summed E-state index contributed by atoms with van der Waals surface area (Å²) in [4.78, 5) is 24.2. The number of unbranched alkanes of at least 4 members (excludes halogenated alkanes) is 1. The molecule has 1 heterocycles. The Hall–Kier alpha value is -2.63. The summed E-state index contributed by atoms with van der Waals surface area (Å²) in [6.07, 6.45) is 1.82. The molecule has 2 aromatic rings. The van der Waals surface area contributed by atoms with E-state index in [1.807, 2.05) is 38.1 Å². The van der Waals surface area contributed by atoms with Crippen LogP contribution in [0.4, 0.5) is 0 Å². The monoisotopic (exact) mass is 315 g/mol. The molecule has 23 heavy (non-hydrogen) atoms. The van der Waals surface area contributed by atoms with Crippen molar-refractivity contribution >= 4 is 5.91 Å². The highest BCUT2D eigenvalue weighted by molar-refractivity contribution is 5.92. The van der Waals surface area contributed by atoms with E-state index in [-0.39, 0.29) is 11.6 Å². The van der Waals surface area contributed by atoms with E-state index in [9.17, 15) is 9.59 Å². The largest absolute Gasteiger partial charge is 0.481 e. The van der Waals surface area contributed by atoms with Gasteiger partial charge in [0.1, 0.15) is 0 Å². The highest BCUT2D eigenvalue weighted by Crippen LogP contribution is 2.15. The molecule has 0 atom stereocenters. The van der Waals surface area contributed by atoms with Crippen molar-refractivity contribution < 1.29 is 9.53 Å². The minimum absolute atomic E-state index is 0.137. The second kappa shape index (κ2) is 7.58. The van der Waals surface area contributed by atoms with E-state index < -0.39 is 11.3 Å². The molecule has 1 aromatic carbocycles. The predicted octanol–water partition coefficient (Wildman–Crippen LogP) is 2.08. The van der Waals surface area contributed by atoms with E-state index in [0.717, 1.165) is 24.1 Å². The number of aryl methyl sites for hydroxylation is 1. The first-order valence-corrected chi connectivity index (χ1v) is 7.60. The number of carbonyl (C=O) groups is 1. The van der Waals surface area contributed by atoms with Gasteiger partial charge < -0.3 is 10.1 Å². The minimum Gasteiger partial charge on any atom is -0.481 e. The van der Waals surface area contributed by atoms with Gasteiger partial charge in [0.05, 0.1) is 18.9 Å². The van der Waals surface area contributed by atoms with Crippen molar-refractivity contribution in [2.75, 3.05) is 13.7 Å². The first kappa shape index (κ1) is 16.7. The van der Waals surface area contributed by atoms with E-state index >= 15 is 0 Å². The third kappa shape index (κ3) is 3.97. The molecule has 0 aliphatic carbocycles. The molecule has 1 amide bonds. The molecule has 0 bridgehead atoms. The zero-order valence-electron chi connectivity index (χ0n) is 13.6. The van der Waals surface area contributed by atoms with Gasteiger partial charge >= 0.3 is 0 Å². The van der Waals surface area contributed by atoms with Gasteiger partial charge in [-0.1, -0.05) is 31.0 Å². The molecule has 0 radical (unpaired) electrons. The summed E-state index contributed by atoms with van der Waals surface area (Å²) >= 11 is 0. The highest BCUT2D eigenvalue weighted by atomic mass is 16.5. The maximum absolute atomic E-state index is 12.1. The van der Waals surface area contributed by atoms with Gasteiger partial charge in [0.2, 0.25) is 11.3 Å². The van der Waals surface area contributed by atoms with Crippen LogP contribution in [0.1, 0.15) is 35.8 Å². The summed E-state index contributed by atoms with van der Waals surface area (Å²) in [6.45, 7) is 4.53. The Bertz CT molecular complexity index is 736. The molecule has 0 fully saturated rings. The van der Waals surface area contributed by atoms with Crippen LogP contribution in [0.25, 0.3) is 5.69 Å². The lowest BCUT2D eigenvalue weighted by Crippen LogP contribution is -2.32. The molecule has 2 rings (SSSR count). The SMILES string of the molecule is CCCCNC(=O)c1nn(-c2ccc(C)cc2)c(OC)cc1=O. The lowest BCUT2D eigenvalue weighted by molar-refractivity contribution is 0.0945. The number of hydrogen-bond acceptors (Lipinski definition) is 4. The fourth-order valence-electron chi connectivity index (χ4n) is 2.08. The van der Waals surface area contributed by atoms with Crippen LogP contribution in [-0.4, -0.2) is 29.3 Å². The van der Waals surface area contributed by atoms with Crippen LogP contribution in [0.2, 0.25) is 0 Å². The summed E-state index contributed by atoms with van der Waals surface area (Å²) in [7, 11) is 1.46. The van der Waals surface area contributed by atoms with Crippen molar-refractivity contribution in [2.45, 2.75) is 26.7 Å². The fraction of sp³-hybridized carbons (Fsp3) is 0.353.